The van der Waals surface area contributed by atoms with E-state index in [9.17, 15) is 14.7 Å². The van der Waals surface area contributed by atoms with Crippen molar-refractivity contribution in [2.45, 2.75) is 19.8 Å². The third-order valence-corrected chi connectivity index (χ3v) is 3.07. The standard InChI is InChI=1S/C15H17NO5/c1-3-4-5-16-15(19)14-7-10(17)9-6-11(18)13(20-2)8-12(9)21-14/h6-8,18H,3-5H2,1-2H3,(H,16,19). The van der Waals surface area contributed by atoms with Crippen molar-refractivity contribution < 1.29 is 19.1 Å². The lowest BCUT2D eigenvalue weighted by Crippen LogP contribution is -2.25. The van der Waals surface area contributed by atoms with Crippen LogP contribution in [0, 0.1) is 0 Å². The number of phenols is 1. The van der Waals surface area contributed by atoms with Crippen LogP contribution in [0.1, 0.15) is 30.3 Å². The molecule has 0 saturated carbocycles. The smallest absolute Gasteiger partial charge is 0.287 e. The fraction of sp³-hybridized carbons (Fsp3) is 0.333. The predicted molar refractivity (Wildman–Crippen MR) is 77.9 cm³/mol. The topological polar surface area (TPSA) is 88.8 Å². The van der Waals surface area contributed by atoms with Gasteiger partial charge in [0.2, 0.25) is 0 Å². The second kappa shape index (κ2) is 6.30. The lowest BCUT2D eigenvalue weighted by molar-refractivity contribution is 0.0926. The Morgan fingerprint density at radius 2 is 2.14 bits per heavy atom. The minimum Gasteiger partial charge on any atom is -0.504 e. The van der Waals surface area contributed by atoms with Crippen LogP contribution in [0.15, 0.2) is 27.4 Å². The van der Waals surface area contributed by atoms with Gasteiger partial charge in [-0.05, 0) is 12.5 Å². The molecule has 1 amide bonds. The molecular formula is C15H17NO5. The van der Waals surface area contributed by atoms with Crippen molar-refractivity contribution in [2.24, 2.45) is 0 Å². The summed E-state index contributed by atoms with van der Waals surface area (Å²) in [4.78, 5) is 23.9. The highest BCUT2D eigenvalue weighted by Gasteiger charge is 2.14. The van der Waals surface area contributed by atoms with E-state index in [0.717, 1.165) is 18.9 Å². The Morgan fingerprint density at radius 3 is 2.81 bits per heavy atom. The van der Waals surface area contributed by atoms with Crippen molar-refractivity contribution in [3.05, 3.63) is 34.2 Å². The van der Waals surface area contributed by atoms with E-state index in [2.05, 4.69) is 5.32 Å². The number of aromatic hydroxyl groups is 1. The first kappa shape index (κ1) is 14.9. The van der Waals surface area contributed by atoms with Gasteiger partial charge in [0, 0.05) is 18.7 Å². The lowest BCUT2D eigenvalue weighted by Gasteiger charge is -2.07. The fourth-order valence-corrected chi connectivity index (χ4v) is 1.91. The summed E-state index contributed by atoms with van der Waals surface area (Å²) in [5.41, 5.74) is -0.201. The molecule has 112 valence electrons. The van der Waals surface area contributed by atoms with Gasteiger partial charge in [0.05, 0.1) is 12.5 Å². The maximum Gasteiger partial charge on any atom is 0.287 e. The molecule has 0 unspecified atom stereocenters. The van der Waals surface area contributed by atoms with Crippen LogP contribution in [0.4, 0.5) is 0 Å². The van der Waals surface area contributed by atoms with Crippen molar-refractivity contribution in [1.82, 2.24) is 5.32 Å². The van der Waals surface area contributed by atoms with Gasteiger partial charge in [-0.15, -0.1) is 0 Å². The minimum atomic E-state index is -0.436. The number of unbranched alkanes of at least 4 members (excludes halogenated alkanes) is 1. The van der Waals surface area contributed by atoms with Gasteiger partial charge in [0.25, 0.3) is 5.91 Å². The van der Waals surface area contributed by atoms with Gasteiger partial charge in [-0.3, -0.25) is 9.59 Å². The number of rotatable bonds is 5. The Morgan fingerprint density at radius 1 is 1.38 bits per heavy atom. The molecule has 2 aromatic rings. The normalized spacial score (nSPS) is 10.6. The van der Waals surface area contributed by atoms with Gasteiger partial charge in [-0.25, -0.2) is 0 Å². The lowest BCUT2D eigenvalue weighted by atomic mass is 10.2. The van der Waals surface area contributed by atoms with E-state index < -0.39 is 11.3 Å². The van der Waals surface area contributed by atoms with E-state index in [4.69, 9.17) is 9.15 Å². The van der Waals surface area contributed by atoms with Gasteiger partial charge in [-0.2, -0.15) is 0 Å². The number of hydrogen-bond donors (Lipinski definition) is 2. The molecule has 2 N–H and O–H groups in total. The maximum atomic E-state index is 12.0. The third kappa shape index (κ3) is 3.16. The molecular weight excluding hydrogens is 274 g/mol. The molecule has 0 radical (unpaired) electrons. The van der Waals surface area contributed by atoms with Crippen molar-refractivity contribution >= 4 is 16.9 Å². The third-order valence-electron chi connectivity index (χ3n) is 3.07. The highest BCUT2D eigenvalue weighted by Crippen LogP contribution is 2.30. The monoisotopic (exact) mass is 291 g/mol. The summed E-state index contributed by atoms with van der Waals surface area (Å²) < 4.78 is 10.4. The molecule has 2 rings (SSSR count). The highest BCUT2D eigenvalue weighted by molar-refractivity contribution is 5.93. The van der Waals surface area contributed by atoms with Gasteiger partial charge in [0.15, 0.2) is 22.7 Å². The first-order valence-electron chi connectivity index (χ1n) is 6.70. The Hall–Kier alpha value is -2.50. The average molecular weight is 291 g/mol. The molecule has 0 bridgehead atoms. The summed E-state index contributed by atoms with van der Waals surface area (Å²) in [6, 6.07) is 3.77. The van der Waals surface area contributed by atoms with Crippen LogP contribution in [-0.4, -0.2) is 24.7 Å². The number of carbonyl (C=O) groups excluding carboxylic acids is 1. The quantitative estimate of drug-likeness (QED) is 0.823. The van der Waals surface area contributed by atoms with Crippen molar-refractivity contribution in [3.8, 4) is 11.5 Å². The molecule has 1 aromatic heterocycles. The van der Waals surface area contributed by atoms with Crippen LogP contribution in [0.5, 0.6) is 11.5 Å². The largest absolute Gasteiger partial charge is 0.504 e. The summed E-state index contributed by atoms with van der Waals surface area (Å²) >= 11 is 0. The van der Waals surface area contributed by atoms with Crippen LogP contribution in [-0.2, 0) is 0 Å². The number of methoxy groups -OCH3 is 1. The van der Waals surface area contributed by atoms with E-state index in [1.54, 1.807) is 0 Å². The Kier molecular flexibility index (Phi) is 4.47. The van der Waals surface area contributed by atoms with Gasteiger partial charge in [0.1, 0.15) is 5.58 Å². The molecule has 1 heterocycles. The van der Waals surface area contributed by atoms with E-state index in [-0.39, 0.29) is 28.2 Å². The summed E-state index contributed by atoms with van der Waals surface area (Å²) in [5.74, 6) is -0.475. The molecule has 6 nitrogen and oxygen atoms in total. The maximum absolute atomic E-state index is 12.0. The number of nitrogens with one attached hydrogen (secondary N) is 1. The van der Waals surface area contributed by atoms with E-state index in [1.165, 1.54) is 19.2 Å². The van der Waals surface area contributed by atoms with Crippen molar-refractivity contribution in [2.75, 3.05) is 13.7 Å². The second-order valence-corrected chi connectivity index (χ2v) is 4.60. The number of hydrogen-bond acceptors (Lipinski definition) is 5. The van der Waals surface area contributed by atoms with Crippen molar-refractivity contribution in [1.29, 1.82) is 0 Å². The Balaban J connectivity index is 2.41. The molecule has 0 aliphatic rings. The van der Waals surface area contributed by atoms with Gasteiger partial charge < -0.3 is 19.6 Å². The molecule has 0 fully saturated rings. The fourth-order valence-electron chi connectivity index (χ4n) is 1.91. The first-order valence-corrected chi connectivity index (χ1v) is 6.70. The number of fused-ring (bicyclic) bond motifs is 1. The van der Waals surface area contributed by atoms with Crippen molar-refractivity contribution in [3.63, 3.8) is 0 Å². The van der Waals surface area contributed by atoms with Crippen LogP contribution in [0.25, 0.3) is 11.0 Å². The number of ether oxygens (including phenoxy) is 1. The minimum absolute atomic E-state index is 0.0589. The molecule has 0 atom stereocenters. The van der Waals surface area contributed by atoms with Crippen LogP contribution < -0.4 is 15.5 Å². The zero-order valence-electron chi connectivity index (χ0n) is 11.9. The zero-order valence-corrected chi connectivity index (χ0v) is 11.9. The van der Waals surface area contributed by atoms with Gasteiger partial charge >= 0.3 is 0 Å². The van der Waals surface area contributed by atoms with E-state index in [1.807, 2.05) is 6.92 Å². The molecule has 0 aliphatic carbocycles. The summed E-state index contributed by atoms with van der Waals surface area (Å²) in [6.45, 7) is 2.54. The number of carbonyl (C=O) groups is 1. The number of phenolic OH excluding ortho intramolecular Hbond substituents is 1. The summed E-state index contributed by atoms with van der Waals surface area (Å²) in [7, 11) is 1.39. The van der Waals surface area contributed by atoms with Crippen LogP contribution in [0.2, 0.25) is 0 Å². The molecule has 0 saturated heterocycles. The molecule has 21 heavy (non-hydrogen) atoms. The van der Waals surface area contributed by atoms with Gasteiger partial charge in [-0.1, -0.05) is 13.3 Å². The average Bonchev–Trinajstić information content (AvgIpc) is 2.47. The molecule has 1 aromatic carbocycles. The zero-order chi connectivity index (χ0) is 15.4. The highest BCUT2D eigenvalue weighted by atomic mass is 16.5. The number of amides is 1. The van der Waals surface area contributed by atoms with E-state index in [0.29, 0.717) is 6.54 Å². The van der Waals surface area contributed by atoms with Crippen LogP contribution >= 0.6 is 0 Å². The molecule has 0 spiro atoms. The number of benzene rings is 1. The Labute approximate surface area is 121 Å². The summed E-state index contributed by atoms with van der Waals surface area (Å²) in [5, 5.41) is 12.5. The second-order valence-electron chi connectivity index (χ2n) is 4.60. The SMILES string of the molecule is CCCCNC(=O)c1cc(=O)c2cc(O)c(OC)cc2o1. The molecule has 6 heteroatoms. The first-order chi connectivity index (χ1) is 10.1. The van der Waals surface area contributed by atoms with Crippen LogP contribution in [0.3, 0.4) is 0 Å². The summed E-state index contributed by atoms with van der Waals surface area (Å²) in [6.07, 6.45) is 1.81. The molecule has 0 aliphatic heterocycles. The van der Waals surface area contributed by atoms with E-state index >= 15 is 0 Å². The predicted octanol–water partition coefficient (Wildman–Crippen LogP) is 2.04. The Bertz CT molecular complexity index is 720.